The maximum Gasteiger partial charge on any atom is 0.410 e. The molecule has 2 fully saturated rings. The number of amides is 1. The summed E-state index contributed by atoms with van der Waals surface area (Å²) in [5.74, 6) is 1.18. The number of likely N-dealkylation sites (tertiary alicyclic amines) is 1. The number of hydrogen-bond acceptors (Lipinski definition) is 6. The van der Waals surface area contributed by atoms with Crippen LogP contribution >= 0.6 is 11.3 Å². The first-order valence-electron chi connectivity index (χ1n) is 10.8. The van der Waals surface area contributed by atoms with E-state index < -0.39 is 5.60 Å². The molecule has 0 radical (unpaired) electrons. The highest BCUT2D eigenvalue weighted by Crippen LogP contribution is 2.37. The summed E-state index contributed by atoms with van der Waals surface area (Å²) in [6.45, 7) is 8.48. The monoisotopic (exact) mass is 439 g/mol. The number of aromatic nitrogens is 1. The Hall–Kier alpha value is -2.59. The smallest absolute Gasteiger partial charge is 0.410 e. The second-order valence-corrected chi connectivity index (χ2v) is 10.8. The van der Waals surface area contributed by atoms with Crippen molar-refractivity contribution in [2.45, 2.75) is 71.1 Å². The third-order valence-corrected chi connectivity index (χ3v) is 6.73. The van der Waals surface area contributed by atoms with Gasteiger partial charge in [0, 0.05) is 35.6 Å². The Bertz CT molecular complexity index is 1000. The van der Waals surface area contributed by atoms with E-state index in [1.807, 2.05) is 50.9 Å². The number of fused-ring (bicyclic) bond motifs is 2. The van der Waals surface area contributed by atoms with E-state index in [0.717, 1.165) is 47.7 Å². The van der Waals surface area contributed by atoms with Crippen LogP contribution in [0.4, 0.5) is 4.79 Å². The largest absolute Gasteiger partial charge is 0.490 e. The highest BCUT2D eigenvalue weighted by molar-refractivity contribution is 7.14. The molecular formula is C24H29N3O3S. The maximum absolute atomic E-state index is 12.7. The van der Waals surface area contributed by atoms with Crippen molar-refractivity contribution in [2.24, 2.45) is 5.92 Å². The molecule has 0 N–H and O–H groups in total. The fraction of sp³-hybridized carbons (Fsp3) is 0.542. The van der Waals surface area contributed by atoms with Gasteiger partial charge in [-0.15, -0.1) is 11.3 Å². The highest BCUT2D eigenvalue weighted by Gasteiger charge is 2.41. The first-order valence-corrected chi connectivity index (χ1v) is 11.7. The van der Waals surface area contributed by atoms with Gasteiger partial charge >= 0.3 is 6.09 Å². The van der Waals surface area contributed by atoms with Crippen LogP contribution in [0.25, 0.3) is 10.6 Å². The molecule has 7 heteroatoms. The molecule has 1 aliphatic carbocycles. The third kappa shape index (κ3) is 5.19. The lowest BCUT2D eigenvalue weighted by Crippen LogP contribution is -2.42. The first kappa shape index (κ1) is 21.6. The van der Waals surface area contributed by atoms with Crippen molar-refractivity contribution in [3.63, 3.8) is 0 Å². The standard InChI is InChI=1S/C24H29N3O3S/c1-15-13-26-22(31-15)18-7-17(12-25)9-21(10-18)29-20-6-5-16-8-19(11-20)27(14-16)23(28)30-24(2,3)4/h7,9-10,13,16,19-20H,5-6,8,11,14H2,1-4H3/t16?,19-,20+/m1/s1. The molecule has 1 saturated carbocycles. The van der Waals surface area contributed by atoms with Crippen molar-refractivity contribution in [1.29, 1.82) is 5.26 Å². The Labute approximate surface area is 187 Å². The number of nitrogens with zero attached hydrogens (tertiary/aromatic N) is 3. The van der Waals surface area contributed by atoms with Gasteiger partial charge in [-0.25, -0.2) is 9.78 Å². The average Bonchev–Trinajstić information content (AvgIpc) is 3.24. The van der Waals surface area contributed by atoms with Crippen LogP contribution in [-0.4, -0.2) is 40.3 Å². The fourth-order valence-corrected chi connectivity index (χ4v) is 5.23. The summed E-state index contributed by atoms with van der Waals surface area (Å²) in [7, 11) is 0. The maximum atomic E-state index is 12.7. The lowest BCUT2D eigenvalue weighted by molar-refractivity contribution is 0.0167. The number of nitriles is 1. The second kappa shape index (κ2) is 8.51. The molecule has 1 aromatic heterocycles. The van der Waals surface area contributed by atoms with E-state index >= 15 is 0 Å². The lowest BCUT2D eigenvalue weighted by Gasteiger charge is -2.31. The molecular weight excluding hydrogens is 410 g/mol. The van der Waals surface area contributed by atoms with Gasteiger partial charge in [-0.3, -0.25) is 0 Å². The Kier molecular flexibility index (Phi) is 5.94. The van der Waals surface area contributed by atoms with Gasteiger partial charge in [-0.05, 0) is 71.1 Å². The third-order valence-electron chi connectivity index (χ3n) is 5.77. The summed E-state index contributed by atoms with van der Waals surface area (Å²) < 4.78 is 12.0. The minimum absolute atomic E-state index is 0.0000561. The molecule has 3 atom stereocenters. The van der Waals surface area contributed by atoms with Gasteiger partial charge in [-0.2, -0.15) is 5.26 Å². The number of hydrogen-bond donors (Lipinski definition) is 0. The van der Waals surface area contributed by atoms with Crippen LogP contribution in [0.2, 0.25) is 0 Å². The van der Waals surface area contributed by atoms with E-state index in [-0.39, 0.29) is 18.2 Å². The van der Waals surface area contributed by atoms with Gasteiger partial charge < -0.3 is 14.4 Å². The van der Waals surface area contributed by atoms with Crippen LogP contribution in [0.5, 0.6) is 5.75 Å². The molecule has 2 aromatic rings. The molecule has 31 heavy (non-hydrogen) atoms. The van der Waals surface area contributed by atoms with Crippen LogP contribution in [0.15, 0.2) is 24.4 Å². The molecule has 0 spiro atoms. The van der Waals surface area contributed by atoms with Crippen LogP contribution in [0.3, 0.4) is 0 Å². The van der Waals surface area contributed by atoms with Crippen molar-refractivity contribution < 1.29 is 14.3 Å². The minimum Gasteiger partial charge on any atom is -0.490 e. The normalized spacial score (nSPS) is 23.2. The molecule has 2 bridgehead atoms. The molecule has 2 aliphatic rings. The van der Waals surface area contributed by atoms with E-state index in [9.17, 15) is 10.1 Å². The van der Waals surface area contributed by atoms with Crippen LogP contribution in [0, 0.1) is 24.2 Å². The highest BCUT2D eigenvalue weighted by atomic mass is 32.1. The van der Waals surface area contributed by atoms with E-state index in [1.165, 1.54) is 0 Å². The summed E-state index contributed by atoms with van der Waals surface area (Å²) in [6.07, 6.45) is 5.36. The van der Waals surface area contributed by atoms with Crippen LogP contribution in [0.1, 0.15) is 56.9 Å². The topological polar surface area (TPSA) is 75.5 Å². The quantitative estimate of drug-likeness (QED) is 0.627. The number of thiazole rings is 1. The van der Waals surface area contributed by atoms with Crippen LogP contribution in [-0.2, 0) is 4.74 Å². The SMILES string of the molecule is Cc1cnc(-c2cc(C#N)cc(O[C@H]3CCC4C[C@H](C3)N(C(=O)OC(C)(C)C)C4)c2)s1. The predicted octanol–water partition coefficient (Wildman–Crippen LogP) is 5.55. The predicted molar refractivity (Wildman–Crippen MR) is 120 cm³/mol. The molecule has 1 saturated heterocycles. The molecule has 4 rings (SSSR count). The molecule has 1 unspecified atom stereocenters. The van der Waals surface area contributed by atoms with Gasteiger partial charge in [0.25, 0.3) is 0 Å². The van der Waals surface area contributed by atoms with Crippen molar-refractivity contribution in [1.82, 2.24) is 9.88 Å². The lowest BCUT2D eigenvalue weighted by atomic mass is 10.0. The van der Waals surface area contributed by atoms with Crippen molar-refractivity contribution in [3.05, 3.63) is 34.8 Å². The number of ether oxygens (including phenoxy) is 2. The van der Waals surface area contributed by atoms with Crippen molar-refractivity contribution >= 4 is 17.4 Å². The number of benzene rings is 1. The first-order chi connectivity index (χ1) is 14.7. The Morgan fingerprint density at radius 2 is 2.06 bits per heavy atom. The zero-order valence-electron chi connectivity index (χ0n) is 18.6. The molecule has 6 nitrogen and oxygen atoms in total. The summed E-state index contributed by atoms with van der Waals surface area (Å²) in [6, 6.07) is 7.97. The molecule has 164 valence electrons. The zero-order valence-corrected chi connectivity index (χ0v) is 19.4. The number of carbonyl (C=O) groups is 1. The second-order valence-electron chi connectivity index (χ2n) is 9.58. The fourth-order valence-electron chi connectivity index (χ4n) is 4.48. The minimum atomic E-state index is -0.498. The molecule has 1 aromatic carbocycles. The van der Waals surface area contributed by atoms with Gasteiger partial charge in [0.2, 0.25) is 0 Å². The van der Waals surface area contributed by atoms with E-state index in [0.29, 0.717) is 17.2 Å². The molecule has 1 amide bonds. The van der Waals surface area contributed by atoms with Gasteiger partial charge in [0.05, 0.1) is 11.6 Å². The number of carbonyl (C=O) groups excluding carboxylic acids is 1. The van der Waals surface area contributed by atoms with E-state index in [4.69, 9.17) is 9.47 Å². The summed E-state index contributed by atoms with van der Waals surface area (Å²) in [5, 5.41) is 10.4. The van der Waals surface area contributed by atoms with Gasteiger partial charge in [0.15, 0.2) is 0 Å². The Morgan fingerprint density at radius 3 is 2.74 bits per heavy atom. The van der Waals surface area contributed by atoms with E-state index in [2.05, 4.69) is 11.1 Å². The van der Waals surface area contributed by atoms with Gasteiger partial charge in [0.1, 0.15) is 22.5 Å². The summed E-state index contributed by atoms with van der Waals surface area (Å²) in [4.78, 5) is 20.2. The summed E-state index contributed by atoms with van der Waals surface area (Å²) in [5.41, 5.74) is 0.964. The molecule has 1 aliphatic heterocycles. The molecule has 2 heterocycles. The van der Waals surface area contributed by atoms with E-state index in [1.54, 1.807) is 17.4 Å². The number of rotatable bonds is 3. The zero-order chi connectivity index (χ0) is 22.2. The Morgan fingerprint density at radius 1 is 1.26 bits per heavy atom. The number of aryl methyl sites for hydroxylation is 1. The van der Waals surface area contributed by atoms with Crippen LogP contribution < -0.4 is 4.74 Å². The average molecular weight is 440 g/mol. The van der Waals surface area contributed by atoms with Gasteiger partial charge in [-0.1, -0.05) is 0 Å². The Balaban J connectivity index is 1.50. The summed E-state index contributed by atoms with van der Waals surface area (Å²) >= 11 is 1.60. The van der Waals surface area contributed by atoms with Crippen molar-refractivity contribution in [2.75, 3.05) is 6.54 Å². The van der Waals surface area contributed by atoms with Crippen molar-refractivity contribution in [3.8, 4) is 22.4 Å².